The van der Waals surface area contributed by atoms with Gasteiger partial charge in [-0.3, -0.25) is 0 Å². The Morgan fingerprint density at radius 3 is 2.78 bits per heavy atom. The number of hydrogen-bond donors (Lipinski definition) is 0. The van der Waals surface area contributed by atoms with Crippen LogP contribution in [0.4, 0.5) is 0 Å². The third kappa shape index (κ3) is 6.24. The Balaban J connectivity index is 3.84. The second-order valence-corrected chi connectivity index (χ2v) is 2.95. The fourth-order valence-corrected chi connectivity index (χ4v) is 0.953. The molecule has 0 aliphatic heterocycles. The summed E-state index contributed by atoms with van der Waals surface area (Å²) in [4.78, 5) is 0. The normalized spacial score (nSPS) is 13.9. The molecule has 0 heterocycles. The number of rotatable bonds is 2. The fourth-order valence-electron chi connectivity index (χ4n) is 0.314. The second-order valence-electron chi connectivity index (χ2n) is 1.30. The van der Waals surface area contributed by atoms with Crippen LogP contribution in [-0.2, 0) is 0 Å². The molecule has 1 nitrogen and oxygen atoms in total. The summed E-state index contributed by atoms with van der Waals surface area (Å²) in [7, 11) is 0. The molecule has 0 amide bonds. The van der Waals surface area contributed by atoms with Crippen LogP contribution in [0.25, 0.3) is 0 Å². The maximum atomic E-state index is 3.63. The summed E-state index contributed by atoms with van der Waals surface area (Å²) < 4.78 is 4.80. The molecule has 0 saturated carbocycles. The van der Waals surface area contributed by atoms with Crippen LogP contribution in [0.1, 0.15) is 6.92 Å². The van der Waals surface area contributed by atoms with E-state index in [0.29, 0.717) is 0 Å². The molecular formula is C6H7BrIN. The summed E-state index contributed by atoms with van der Waals surface area (Å²) in [6.07, 6.45) is 7.60. The molecule has 50 valence electrons. The molecule has 9 heavy (non-hydrogen) atoms. The van der Waals surface area contributed by atoms with Gasteiger partial charge in [0.15, 0.2) is 0 Å². The zero-order chi connectivity index (χ0) is 7.11. The number of hydrogen-bond acceptors (Lipinski definition) is 1. The van der Waals surface area contributed by atoms with Crippen LogP contribution in [0.2, 0.25) is 0 Å². The zero-order valence-corrected chi connectivity index (χ0v) is 8.76. The minimum Gasteiger partial charge on any atom is -0.215 e. The van der Waals surface area contributed by atoms with E-state index in [1.54, 1.807) is 6.21 Å². The monoisotopic (exact) mass is 299 g/mol. The highest BCUT2D eigenvalue weighted by atomic mass is 127. The third-order valence-electron chi connectivity index (χ3n) is 0.616. The summed E-state index contributed by atoms with van der Waals surface area (Å²) in [5.74, 6) is 0. The Morgan fingerprint density at radius 1 is 1.67 bits per heavy atom. The van der Waals surface area contributed by atoms with Gasteiger partial charge < -0.3 is 0 Å². The molecule has 0 aromatic heterocycles. The van der Waals surface area contributed by atoms with Gasteiger partial charge in [-0.25, -0.2) is 4.02 Å². The second kappa shape index (κ2) is 6.48. The van der Waals surface area contributed by atoms with Crippen molar-refractivity contribution in [2.75, 3.05) is 0 Å². The van der Waals surface area contributed by atoms with Crippen LogP contribution in [0, 0.1) is 0 Å². The van der Waals surface area contributed by atoms with Crippen molar-refractivity contribution in [3.8, 4) is 0 Å². The lowest BCUT2D eigenvalue weighted by Crippen LogP contribution is -1.62. The van der Waals surface area contributed by atoms with E-state index in [1.165, 1.54) is 3.58 Å². The van der Waals surface area contributed by atoms with E-state index in [0.717, 1.165) is 0 Å². The molecule has 0 radical (unpaired) electrons. The molecule has 0 aromatic rings. The van der Waals surface area contributed by atoms with Crippen molar-refractivity contribution in [3.05, 3.63) is 21.8 Å². The number of allylic oxidation sites excluding steroid dienone is 4. The predicted octanol–water partition coefficient (Wildman–Crippen LogP) is 3.26. The van der Waals surface area contributed by atoms with Gasteiger partial charge in [0.05, 0.1) is 16.1 Å². The van der Waals surface area contributed by atoms with E-state index in [1.807, 2.05) is 25.2 Å². The van der Waals surface area contributed by atoms with Crippen LogP contribution >= 0.6 is 38.7 Å². The lowest BCUT2D eigenvalue weighted by atomic mass is 10.4. The Morgan fingerprint density at radius 2 is 2.33 bits per heavy atom. The SMILES string of the molecule is C\C=C/C(I)=C\C=N\Br. The van der Waals surface area contributed by atoms with Crippen molar-refractivity contribution in [1.82, 2.24) is 0 Å². The van der Waals surface area contributed by atoms with Gasteiger partial charge in [0, 0.05) is 9.79 Å². The van der Waals surface area contributed by atoms with E-state index in [4.69, 9.17) is 0 Å². The molecule has 0 spiro atoms. The smallest absolute Gasteiger partial charge is 0.0733 e. The predicted molar refractivity (Wildman–Crippen MR) is 54.3 cm³/mol. The molecule has 0 aliphatic rings. The Kier molecular flexibility index (Phi) is 6.74. The maximum Gasteiger partial charge on any atom is 0.0733 e. The molecule has 0 bridgehead atoms. The minimum atomic E-state index is 1.17. The van der Waals surface area contributed by atoms with E-state index < -0.39 is 0 Å². The molecule has 0 N–H and O–H groups in total. The average Bonchev–Trinajstić information content (AvgIpc) is 1.85. The summed E-state index contributed by atoms with van der Waals surface area (Å²) in [5, 5.41) is 0. The maximum absolute atomic E-state index is 3.63. The summed E-state index contributed by atoms with van der Waals surface area (Å²) in [6.45, 7) is 1.98. The third-order valence-corrected chi connectivity index (χ3v) is 1.57. The zero-order valence-electron chi connectivity index (χ0n) is 5.01. The van der Waals surface area contributed by atoms with Gasteiger partial charge in [0.2, 0.25) is 0 Å². The molecular weight excluding hydrogens is 293 g/mol. The van der Waals surface area contributed by atoms with Crippen molar-refractivity contribution < 1.29 is 0 Å². The standard InChI is InChI=1S/C6H7BrIN/c1-2-3-6(8)4-5-9-7/h2-5H,1H3/b3-2-,6-4+,9-5+. The molecule has 0 saturated heterocycles. The topological polar surface area (TPSA) is 12.4 Å². The van der Waals surface area contributed by atoms with Crippen molar-refractivity contribution in [2.24, 2.45) is 4.02 Å². The van der Waals surface area contributed by atoms with Gasteiger partial charge in [-0.05, 0) is 35.6 Å². The highest BCUT2D eigenvalue weighted by Gasteiger charge is 1.76. The minimum absolute atomic E-state index is 1.17. The number of nitrogens with zero attached hydrogens (tertiary/aromatic N) is 1. The first-order chi connectivity index (χ1) is 4.31. The van der Waals surface area contributed by atoms with Crippen molar-refractivity contribution in [2.45, 2.75) is 6.92 Å². The largest absolute Gasteiger partial charge is 0.215 e. The number of halogens is 2. The van der Waals surface area contributed by atoms with Gasteiger partial charge in [-0.15, -0.1) is 0 Å². The van der Waals surface area contributed by atoms with Crippen molar-refractivity contribution >= 4 is 45.0 Å². The van der Waals surface area contributed by atoms with Crippen LogP contribution in [0.3, 0.4) is 0 Å². The lowest BCUT2D eigenvalue weighted by molar-refractivity contribution is 1.73. The summed E-state index contributed by atoms with van der Waals surface area (Å²) in [5.41, 5.74) is 0. The van der Waals surface area contributed by atoms with Crippen molar-refractivity contribution in [3.63, 3.8) is 0 Å². The van der Waals surface area contributed by atoms with Gasteiger partial charge in [0.1, 0.15) is 0 Å². The van der Waals surface area contributed by atoms with Crippen molar-refractivity contribution in [1.29, 1.82) is 0 Å². The van der Waals surface area contributed by atoms with E-state index in [2.05, 4.69) is 42.8 Å². The highest BCUT2D eigenvalue weighted by Crippen LogP contribution is 2.05. The van der Waals surface area contributed by atoms with Gasteiger partial charge >= 0.3 is 0 Å². The molecule has 0 unspecified atom stereocenters. The highest BCUT2D eigenvalue weighted by molar-refractivity contribution is 14.1. The molecule has 0 fully saturated rings. The Labute approximate surface area is 77.4 Å². The van der Waals surface area contributed by atoms with Gasteiger partial charge in [0.25, 0.3) is 0 Å². The van der Waals surface area contributed by atoms with E-state index >= 15 is 0 Å². The van der Waals surface area contributed by atoms with E-state index in [-0.39, 0.29) is 0 Å². The first-order valence-electron chi connectivity index (χ1n) is 2.44. The Bertz CT molecular complexity index is 149. The molecule has 0 atom stereocenters. The van der Waals surface area contributed by atoms with E-state index in [9.17, 15) is 0 Å². The van der Waals surface area contributed by atoms with Crippen LogP contribution in [0.5, 0.6) is 0 Å². The fraction of sp³-hybridized carbons (Fsp3) is 0.167. The van der Waals surface area contributed by atoms with Gasteiger partial charge in [-0.2, -0.15) is 0 Å². The lowest BCUT2D eigenvalue weighted by Gasteiger charge is -1.80. The molecule has 3 heteroatoms. The summed E-state index contributed by atoms with van der Waals surface area (Å²) in [6, 6.07) is 0. The van der Waals surface area contributed by atoms with Crippen LogP contribution in [0.15, 0.2) is 25.8 Å². The van der Waals surface area contributed by atoms with Crippen LogP contribution < -0.4 is 0 Å². The first kappa shape index (κ1) is 9.36. The average molecular weight is 300 g/mol. The first-order valence-corrected chi connectivity index (χ1v) is 4.23. The quantitative estimate of drug-likeness (QED) is 0.422. The molecule has 0 aromatic carbocycles. The summed E-state index contributed by atoms with van der Waals surface area (Å²) >= 11 is 5.15. The van der Waals surface area contributed by atoms with Crippen LogP contribution in [-0.4, -0.2) is 6.21 Å². The molecule has 0 rings (SSSR count). The van der Waals surface area contributed by atoms with Gasteiger partial charge in [-0.1, -0.05) is 12.2 Å². The Hall–Kier alpha value is 0.360. The molecule has 0 aliphatic carbocycles.